The highest BCUT2D eigenvalue weighted by Gasteiger charge is 2.24. The van der Waals surface area contributed by atoms with E-state index in [4.69, 9.17) is 4.74 Å². The molecule has 0 aliphatic carbocycles. The Morgan fingerprint density at radius 2 is 1.96 bits per heavy atom. The third-order valence-electron chi connectivity index (χ3n) is 3.99. The molecule has 0 N–H and O–H groups in total. The average molecular weight is 374 g/mol. The Morgan fingerprint density at radius 3 is 2.62 bits per heavy atom. The SMILES string of the molecule is COC(=O)C(C)Sc1nnnn1-c1c(C)n(C)n(-c2ccccc2)c1=O. The van der Waals surface area contributed by atoms with E-state index >= 15 is 0 Å². The Kier molecular flexibility index (Phi) is 4.94. The molecule has 0 radical (unpaired) electrons. The zero-order valence-electron chi connectivity index (χ0n) is 14.8. The Labute approximate surface area is 153 Å². The fourth-order valence-corrected chi connectivity index (χ4v) is 3.38. The number of carbonyl (C=O) groups is 1. The Morgan fingerprint density at radius 1 is 1.27 bits per heavy atom. The molecule has 0 amide bonds. The number of carbonyl (C=O) groups excluding carboxylic acids is 1. The average Bonchev–Trinajstić information content (AvgIpc) is 3.17. The van der Waals surface area contributed by atoms with Gasteiger partial charge in [-0.15, -0.1) is 5.10 Å². The highest BCUT2D eigenvalue weighted by atomic mass is 32.2. The maximum Gasteiger partial charge on any atom is 0.318 e. The van der Waals surface area contributed by atoms with E-state index in [0.717, 1.165) is 17.4 Å². The lowest BCUT2D eigenvalue weighted by molar-refractivity contribution is -0.139. The van der Waals surface area contributed by atoms with Crippen molar-refractivity contribution in [1.82, 2.24) is 29.6 Å². The molecule has 0 aliphatic heterocycles. The molecule has 3 rings (SSSR count). The lowest BCUT2D eigenvalue weighted by atomic mass is 10.3. The third kappa shape index (κ3) is 3.03. The maximum atomic E-state index is 13.1. The number of rotatable bonds is 5. The van der Waals surface area contributed by atoms with E-state index in [1.807, 2.05) is 37.3 Å². The Balaban J connectivity index is 2.09. The van der Waals surface area contributed by atoms with Gasteiger partial charge in [-0.05, 0) is 36.4 Å². The lowest BCUT2D eigenvalue weighted by Gasteiger charge is -2.08. The summed E-state index contributed by atoms with van der Waals surface area (Å²) in [5.41, 5.74) is 1.51. The van der Waals surface area contributed by atoms with Crippen LogP contribution in [0.5, 0.6) is 0 Å². The molecular weight excluding hydrogens is 356 g/mol. The van der Waals surface area contributed by atoms with E-state index in [2.05, 4.69) is 15.5 Å². The summed E-state index contributed by atoms with van der Waals surface area (Å²) in [6.45, 7) is 3.51. The van der Waals surface area contributed by atoms with Crippen molar-refractivity contribution in [3.8, 4) is 11.4 Å². The van der Waals surface area contributed by atoms with Gasteiger partial charge in [0, 0.05) is 7.05 Å². The van der Waals surface area contributed by atoms with E-state index in [1.165, 1.54) is 11.8 Å². The predicted molar refractivity (Wildman–Crippen MR) is 95.8 cm³/mol. The van der Waals surface area contributed by atoms with Crippen LogP contribution in [0.15, 0.2) is 40.3 Å². The largest absolute Gasteiger partial charge is 0.468 e. The number of benzene rings is 1. The smallest absolute Gasteiger partial charge is 0.318 e. The molecule has 0 fully saturated rings. The van der Waals surface area contributed by atoms with Crippen molar-refractivity contribution in [2.75, 3.05) is 7.11 Å². The van der Waals surface area contributed by atoms with Crippen LogP contribution in [0, 0.1) is 6.92 Å². The van der Waals surface area contributed by atoms with Crippen molar-refractivity contribution in [1.29, 1.82) is 0 Å². The third-order valence-corrected chi connectivity index (χ3v) is 5.00. The minimum Gasteiger partial charge on any atom is -0.468 e. The lowest BCUT2D eigenvalue weighted by Crippen LogP contribution is -2.22. The van der Waals surface area contributed by atoms with E-state index in [0.29, 0.717) is 16.5 Å². The Bertz CT molecular complexity index is 991. The highest BCUT2D eigenvalue weighted by molar-refractivity contribution is 8.00. The predicted octanol–water partition coefficient (Wildman–Crippen LogP) is 1.11. The van der Waals surface area contributed by atoms with Gasteiger partial charge in [0.15, 0.2) is 5.69 Å². The maximum absolute atomic E-state index is 13.1. The highest BCUT2D eigenvalue weighted by Crippen LogP contribution is 2.24. The second kappa shape index (κ2) is 7.16. The van der Waals surface area contributed by atoms with E-state index in [9.17, 15) is 9.59 Å². The second-order valence-electron chi connectivity index (χ2n) is 5.57. The number of para-hydroxylation sites is 1. The first-order valence-corrected chi connectivity index (χ1v) is 8.71. The van der Waals surface area contributed by atoms with Crippen molar-refractivity contribution < 1.29 is 9.53 Å². The topological polar surface area (TPSA) is 96.8 Å². The summed E-state index contributed by atoms with van der Waals surface area (Å²) in [5.74, 6) is -0.393. The number of esters is 1. The molecule has 0 saturated carbocycles. The fourth-order valence-electron chi connectivity index (χ4n) is 2.56. The van der Waals surface area contributed by atoms with Crippen LogP contribution in [0.25, 0.3) is 11.4 Å². The van der Waals surface area contributed by atoms with Gasteiger partial charge in [-0.1, -0.05) is 30.0 Å². The summed E-state index contributed by atoms with van der Waals surface area (Å²) < 4.78 is 9.38. The van der Waals surface area contributed by atoms with Crippen molar-refractivity contribution in [3.63, 3.8) is 0 Å². The zero-order valence-corrected chi connectivity index (χ0v) is 15.6. The molecule has 9 nitrogen and oxygen atoms in total. The number of thioether (sulfide) groups is 1. The molecule has 26 heavy (non-hydrogen) atoms. The molecule has 10 heteroatoms. The van der Waals surface area contributed by atoms with Crippen LogP contribution in [0.4, 0.5) is 0 Å². The van der Waals surface area contributed by atoms with Gasteiger partial charge >= 0.3 is 5.97 Å². The fraction of sp³-hybridized carbons (Fsp3) is 0.312. The van der Waals surface area contributed by atoms with Crippen molar-refractivity contribution in [3.05, 3.63) is 46.4 Å². The molecule has 0 aliphatic rings. The van der Waals surface area contributed by atoms with Gasteiger partial charge in [0.2, 0.25) is 5.16 Å². The van der Waals surface area contributed by atoms with E-state index in [-0.39, 0.29) is 5.56 Å². The minimum absolute atomic E-state index is 0.254. The van der Waals surface area contributed by atoms with Gasteiger partial charge in [0.25, 0.3) is 5.56 Å². The first-order chi connectivity index (χ1) is 12.5. The summed E-state index contributed by atoms with van der Waals surface area (Å²) in [6, 6.07) is 9.30. The molecule has 2 heterocycles. The van der Waals surface area contributed by atoms with Crippen LogP contribution in [-0.4, -0.2) is 47.9 Å². The van der Waals surface area contributed by atoms with E-state index < -0.39 is 11.2 Å². The summed E-state index contributed by atoms with van der Waals surface area (Å²) >= 11 is 1.13. The van der Waals surface area contributed by atoms with Crippen molar-refractivity contribution in [2.24, 2.45) is 7.05 Å². The number of tetrazole rings is 1. The molecule has 1 unspecified atom stereocenters. The van der Waals surface area contributed by atoms with Gasteiger partial charge in [-0.3, -0.25) is 14.3 Å². The summed E-state index contributed by atoms with van der Waals surface area (Å²) in [5, 5.41) is 11.4. The number of ether oxygens (including phenoxy) is 1. The van der Waals surface area contributed by atoms with Crippen LogP contribution < -0.4 is 5.56 Å². The number of nitrogens with zero attached hydrogens (tertiary/aromatic N) is 6. The standard InChI is InChI=1S/C16H18N6O3S/c1-10-13(14(23)22(20(10)3)12-8-6-5-7-9-12)21-16(17-18-19-21)26-11(2)15(24)25-4/h5-9,11H,1-4H3. The quantitative estimate of drug-likeness (QED) is 0.487. The van der Waals surface area contributed by atoms with Gasteiger partial charge in [0.1, 0.15) is 5.25 Å². The molecule has 0 bridgehead atoms. The molecule has 3 aromatic rings. The minimum atomic E-state index is -0.509. The van der Waals surface area contributed by atoms with Gasteiger partial charge in [0.05, 0.1) is 18.5 Å². The first-order valence-electron chi connectivity index (χ1n) is 7.83. The second-order valence-corrected chi connectivity index (χ2v) is 6.87. The Hall–Kier alpha value is -2.88. The van der Waals surface area contributed by atoms with Crippen LogP contribution in [-0.2, 0) is 16.6 Å². The summed E-state index contributed by atoms with van der Waals surface area (Å²) in [7, 11) is 3.11. The number of aromatic nitrogens is 6. The molecule has 0 spiro atoms. The zero-order chi connectivity index (χ0) is 18.8. The summed E-state index contributed by atoms with van der Waals surface area (Å²) in [6.07, 6.45) is 0. The monoisotopic (exact) mass is 374 g/mol. The van der Waals surface area contributed by atoms with Gasteiger partial charge in [-0.2, -0.15) is 4.68 Å². The number of hydrogen-bond acceptors (Lipinski definition) is 7. The molecule has 1 atom stereocenters. The molecule has 0 saturated heterocycles. The normalized spacial score (nSPS) is 12.2. The number of methoxy groups -OCH3 is 1. The van der Waals surface area contributed by atoms with Crippen LogP contribution in [0.3, 0.4) is 0 Å². The molecule has 136 valence electrons. The van der Waals surface area contributed by atoms with Crippen molar-refractivity contribution >= 4 is 17.7 Å². The first kappa shape index (κ1) is 17.9. The van der Waals surface area contributed by atoms with Crippen LogP contribution in [0.2, 0.25) is 0 Å². The van der Waals surface area contributed by atoms with Gasteiger partial charge < -0.3 is 4.74 Å². The van der Waals surface area contributed by atoms with Crippen molar-refractivity contribution in [2.45, 2.75) is 24.3 Å². The molecule has 2 aromatic heterocycles. The summed E-state index contributed by atoms with van der Waals surface area (Å²) in [4.78, 5) is 24.7. The van der Waals surface area contributed by atoms with Crippen LogP contribution >= 0.6 is 11.8 Å². The van der Waals surface area contributed by atoms with Crippen LogP contribution in [0.1, 0.15) is 12.6 Å². The van der Waals surface area contributed by atoms with E-state index in [1.54, 1.807) is 23.3 Å². The van der Waals surface area contributed by atoms with Gasteiger partial charge in [-0.25, -0.2) is 4.68 Å². The molecule has 1 aromatic carbocycles. The number of hydrogen-bond donors (Lipinski definition) is 0. The molecular formula is C16H18N6O3S.